The van der Waals surface area contributed by atoms with E-state index >= 15 is 0 Å². The van der Waals surface area contributed by atoms with Gasteiger partial charge in [-0.1, -0.05) is 0 Å². The number of nitrogens with zero attached hydrogens (tertiary/aromatic N) is 4. The monoisotopic (exact) mass is 293 g/mol. The Hall–Kier alpha value is -0.761. The molecule has 0 rings (SSSR count). The molecule has 0 aliphatic heterocycles. The number of hydrogen-bond donors (Lipinski definition) is 2. The Morgan fingerprint density at radius 1 is 0.933 bits per heavy atom. The Kier molecular flexibility index (Phi) is 12.6. The molecule has 0 amide bonds. The van der Waals surface area contributed by atoms with E-state index in [9.17, 15) is 0 Å². The summed E-state index contributed by atoms with van der Waals surface area (Å²) in [5.41, 5.74) is 0. The smallest absolute Gasteiger partial charge is 0.741 e. The van der Waals surface area contributed by atoms with Crippen molar-refractivity contribution in [2.75, 3.05) is 14.1 Å². The van der Waals surface area contributed by atoms with E-state index in [1.165, 1.54) is 12.4 Å². The third-order valence-corrected chi connectivity index (χ3v) is 1.50. The van der Waals surface area contributed by atoms with Crippen LogP contribution in [0.15, 0.2) is 20.4 Å². The molecule has 0 atom stereocenters. The summed E-state index contributed by atoms with van der Waals surface area (Å²) in [5.74, 6) is 0. The summed E-state index contributed by atoms with van der Waals surface area (Å²) >= 11 is 9.41. The van der Waals surface area contributed by atoms with E-state index in [0.29, 0.717) is 10.3 Å². The molecule has 6 nitrogen and oxygen atoms in total. The molecule has 0 aromatic rings. The number of rotatable bonds is 3. The number of amidine groups is 2. The van der Waals surface area contributed by atoms with Gasteiger partial charge in [-0.05, 0) is 10.3 Å². The molecule has 0 unspecified atom stereocenters. The van der Waals surface area contributed by atoms with Crippen molar-refractivity contribution in [3.63, 3.8) is 0 Å². The zero-order valence-electron chi connectivity index (χ0n) is 8.06. The van der Waals surface area contributed by atoms with Gasteiger partial charge in [0.05, 0.1) is 12.4 Å². The average Bonchev–Trinajstić information content (AvgIpc) is 2.22. The van der Waals surface area contributed by atoms with E-state index in [2.05, 4.69) is 31.0 Å². The zero-order valence-corrected chi connectivity index (χ0v) is 10.6. The van der Waals surface area contributed by atoms with Gasteiger partial charge in [-0.25, -0.2) is 0 Å². The number of nitrogens with one attached hydrogen (secondary N) is 2. The zero-order chi connectivity index (χ0) is 10.8. The quantitative estimate of drug-likeness (QED) is 0.235. The Morgan fingerprint density at radius 2 is 1.27 bits per heavy atom. The third kappa shape index (κ3) is 11.2. The van der Waals surface area contributed by atoms with Crippen LogP contribution in [0.2, 0.25) is 0 Å². The van der Waals surface area contributed by atoms with Crippen molar-refractivity contribution in [1.82, 2.24) is 10.6 Å². The fourth-order valence-corrected chi connectivity index (χ4v) is 0.425. The molecule has 0 spiro atoms. The van der Waals surface area contributed by atoms with E-state index in [4.69, 9.17) is 25.3 Å². The van der Waals surface area contributed by atoms with Gasteiger partial charge in [-0.2, -0.15) is 20.4 Å². The first kappa shape index (κ1) is 16.7. The second kappa shape index (κ2) is 11.3. The topological polar surface area (TPSA) is 73.5 Å². The van der Waals surface area contributed by atoms with Crippen molar-refractivity contribution in [2.24, 2.45) is 20.4 Å². The number of hydrogen-bond acceptors (Lipinski definition) is 6. The van der Waals surface area contributed by atoms with Crippen LogP contribution in [0.4, 0.5) is 0 Å². The van der Waals surface area contributed by atoms with Gasteiger partial charge in [-0.15, -0.1) is 0 Å². The SMILES string of the molecule is CNC([S-])=NN=CC=NN=C([S-])NC.[Cu+2]. The van der Waals surface area contributed by atoms with Gasteiger partial charge < -0.3 is 35.9 Å². The standard InChI is InChI=1S/C6H12N6S2.Cu/c1-7-5(13)11-9-3-4-10-12-6(14)8-2;/h3-4H,1-2H3,(H2,7,11,13)(H2,8,12,14);/q;+2/p-2. The molecule has 0 bridgehead atoms. The van der Waals surface area contributed by atoms with E-state index in [-0.39, 0.29) is 17.1 Å². The van der Waals surface area contributed by atoms with Crippen LogP contribution in [-0.4, -0.2) is 36.9 Å². The molecule has 0 fully saturated rings. The maximum Gasteiger partial charge on any atom is 2.00 e. The fourth-order valence-electron chi connectivity index (χ4n) is 0.331. The molecule has 9 heteroatoms. The van der Waals surface area contributed by atoms with Gasteiger partial charge in [0, 0.05) is 14.1 Å². The molecule has 87 valence electrons. The van der Waals surface area contributed by atoms with Crippen LogP contribution >= 0.6 is 0 Å². The van der Waals surface area contributed by atoms with Crippen LogP contribution in [0.5, 0.6) is 0 Å². The van der Waals surface area contributed by atoms with Crippen LogP contribution in [0, 0.1) is 0 Å². The van der Waals surface area contributed by atoms with Crippen LogP contribution < -0.4 is 10.6 Å². The van der Waals surface area contributed by atoms with Crippen molar-refractivity contribution >= 4 is 48.0 Å². The van der Waals surface area contributed by atoms with Gasteiger partial charge in [0.2, 0.25) is 0 Å². The van der Waals surface area contributed by atoms with Gasteiger partial charge in [0.25, 0.3) is 0 Å². The van der Waals surface area contributed by atoms with E-state index < -0.39 is 0 Å². The molecule has 0 heterocycles. The maximum absolute atomic E-state index is 4.70. The molecule has 0 saturated heterocycles. The van der Waals surface area contributed by atoms with Crippen molar-refractivity contribution in [2.45, 2.75) is 0 Å². The average molecular weight is 294 g/mol. The van der Waals surface area contributed by atoms with Crippen LogP contribution in [0.3, 0.4) is 0 Å². The Bertz CT molecular complexity index is 247. The molecular formula is C6H10CuN6S2. The Labute approximate surface area is 110 Å². The Balaban J connectivity index is 0. The minimum absolute atomic E-state index is 0. The first-order chi connectivity index (χ1) is 6.70. The normalized spacial score (nSPS) is 12.9. The first-order valence-corrected chi connectivity index (χ1v) is 4.42. The first-order valence-electron chi connectivity index (χ1n) is 3.61. The minimum atomic E-state index is 0. The van der Waals surface area contributed by atoms with Crippen molar-refractivity contribution in [3.05, 3.63) is 0 Å². The summed E-state index contributed by atoms with van der Waals surface area (Å²) in [6, 6.07) is 0. The maximum atomic E-state index is 4.70. The summed E-state index contributed by atoms with van der Waals surface area (Å²) in [4.78, 5) is 0. The molecule has 0 aliphatic rings. The molecule has 1 radical (unpaired) electrons. The van der Waals surface area contributed by atoms with E-state index in [1.807, 2.05) is 0 Å². The van der Waals surface area contributed by atoms with Crippen molar-refractivity contribution < 1.29 is 17.1 Å². The van der Waals surface area contributed by atoms with Gasteiger partial charge in [0.1, 0.15) is 0 Å². The van der Waals surface area contributed by atoms with Crippen LogP contribution in [-0.2, 0) is 42.3 Å². The molecular weight excluding hydrogens is 284 g/mol. The van der Waals surface area contributed by atoms with Gasteiger partial charge in [0.15, 0.2) is 0 Å². The summed E-state index contributed by atoms with van der Waals surface area (Å²) in [6.45, 7) is 0. The van der Waals surface area contributed by atoms with E-state index in [1.54, 1.807) is 14.1 Å². The predicted molar refractivity (Wildman–Crippen MR) is 64.7 cm³/mol. The van der Waals surface area contributed by atoms with Crippen molar-refractivity contribution in [1.29, 1.82) is 0 Å². The largest absolute Gasteiger partial charge is 2.00 e. The summed E-state index contributed by atoms with van der Waals surface area (Å²) < 4.78 is 0. The van der Waals surface area contributed by atoms with Crippen molar-refractivity contribution in [3.8, 4) is 0 Å². The molecule has 2 N–H and O–H groups in total. The summed E-state index contributed by atoms with van der Waals surface area (Å²) in [5, 5.41) is 20.2. The second-order valence-electron chi connectivity index (χ2n) is 1.84. The Morgan fingerprint density at radius 3 is 1.53 bits per heavy atom. The summed E-state index contributed by atoms with van der Waals surface area (Å²) in [6.07, 6.45) is 2.71. The van der Waals surface area contributed by atoms with Gasteiger partial charge >= 0.3 is 17.1 Å². The van der Waals surface area contributed by atoms with E-state index in [0.717, 1.165) is 0 Å². The summed E-state index contributed by atoms with van der Waals surface area (Å²) in [7, 11) is 3.33. The van der Waals surface area contributed by atoms with Crippen LogP contribution in [0.1, 0.15) is 0 Å². The third-order valence-electron chi connectivity index (χ3n) is 0.925. The predicted octanol–water partition coefficient (Wildman–Crippen LogP) is -0.800. The molecule has 0 saturated carbocycles. The molecule has 0 aliphatic carbocycles. The molecule has 15 heavy (non-hydrogen) atoms. The minimum Gasteiger partial charge on any atom is -0.741 e. The molecule has 0 aromatic heterocycles. The van der Waals surface area contributed by atoms with Gasteiger partial charge in [-0.3, -0.25) is 0 Å². The fraction of sp³-hybridized carbons (Fsp3) is 0.333. The van der Waals surface area contributed by atoms with Crippen LogP contribution in [0.25, 0.3) is 0 Å². The second-order valence-corrected chi connectivity index (χ2v) is 2.61. The molecule has 0 aromatic carbocycles.